The highest BCUT2D eigenvalue weighted by atomic mass is 16.5. The molecule has 0 saturated carbocycles. The van der Waals surface area contributed by atoms with Crippen molar-refractivity contribution in [1.29, 1.82) is 0 Å². The van der Waals surface area contributed by atoms with Crippen LogP contribution < -0.4 is 5.32 Å². The topological polar surface area (TPSA) is 95.9 Å². The molecular formula is C62H121NO5. The van der Waals surface area contributed by atoms with Gasteiger partial charge in [-0.1, -0.05) is 315 Å². The SMILES string of the molecule is CCCCCCCCCCCCC/C=C/C(O)C(CO)NC(=O)CCCCCCCCCCCCCCCCCCCCCCCCCCOC(=O)CCCCCCCCCCCCCCCC. The van der Waals surface area contributed by atoms with Crippen LogP contribution in [-0.2, 0) is 14.3 Å². The van der Waals surface area contributed by atoms with Crippen molar-refractivity contribution in [2.75, 3.05) is 13.2 Å². The molecule has 1 amide bonds. The van der Waals surface area contributed by atoms with E-state index >= 15 is 0 Å². The molecule has 404 valence electrons. The van der Waals surface area contributed by atoms with Gasteiger partial charge < -0.3 is 20.3 Å². The van der Waals surface area contributed by atoms with Crippen LogP contribution in [0.15, 0.2) is 12.2 Å². The lowest BCUT2D eigenvalue weighted by atomic mass is 10.0. The number of carbonyl (C=O) groups excluding carboxylic acids is 2. The van der Waals surface area contributed by atoms with Gasteiger partial charge in [0.05, 0.1) is 25.4 Å². The normalized spacial score (nSPS) is 12.6. The average Bonchev–Trinajstić information content (AvgIpc) is 3.34. The number of hydrogen-bond donors (Lipinski definition) is 3. The van der Waals surface area contributed by atoms with E-state index in [-0.39, 0.29) is 18.5 Å². The molecule has 2 atom stereocenters. The van der Waals surface area contributed by atoms with Crippen molar-refractivity contribution in [1.82, 2.24) is 5.32 Å². The molecule has 6 nitrogen and oxygen atoms in total. The fraction of sp³-hybridized carbons (Fsp3) is 0.935. The Balaban J connectivity index is 3.36. The zero-order valence-electron chi connectivity index (χ0n) is 46.1. The third-order valence-electron chi connectivity index (χ3n) is 14.6. The van der Waals surface area contributed by atoms with E-state index in [0.717, 1.165) is 38.5 Å². The van der Waals surface area contributed by atoms with Gasteiger partial charge in [-0.05, 0) is 32.1 Å². The minimum Gasteiger partial charge on any atom is -0.466 e. The number of carbonyl (C=O) groups is 2. The maximum absolute atomic E-state index is 12.4. The summed E-state index contributed by atoms with van der Waals surface area (Å²) in [7, 11) is 0. The summed E-state index contributed by atoms with van der Waals surface area (Å²) in [5.74, 6) is -0.0477. The number of hydrogen-bond acceptors (Lipinski definition) is 5. The summed E-state index contributed by atoms with van der Waals surface area (Å²) >= 11 is 0. The smallest absolute Gasteiger partial charge is 0.305 e. The molecular weight excluding hydrogens is 839 g/mol. The minimum absolute atomic E-state index is 0.0177. The van der Waals surface area contributed by atoms with Crippen molar-refractivity contribution in [2.45, 2.75) is 360 Å². The number of ether oxygens (including phenoxy) is 1. The first-order valence-corrected chi connectivity index (χ1v) is 31.0. The van der Waals surface area contributed by atoms with E-state index in [4.69, 9.17) is 4.74 Å². The van der Waals surface area contributed by atoms with Gasteiger partial charge in [-0.25, -0.2) is 0 Å². The molecule has 0 spiro atoms. The van der Waals surface area contributed by atoms with Gasteiger partial charge in [0.15, 0.2) is 0 Å². The predicted molar refractivity (Wildman–Crippen MR) is 297 cm³/mol. The maximum atomic E-state index is 12.4. The summed E-state index contributed by atoms with van der Waals surface area (Å²) in [6.07, 6.45) is 69.7. The molecule has 68 heavy (non-hydrogen) atoms. The molecule has 2 unspecified atom stereocenters. The second-order valence-electron chi connectivity index (χ2n) is 21.4. The Bertz CT molecular complexity index is 1020. The van der Waals surface area contributed by atoms with E-state index in [2.05, 4.69) is 19.2 Å². The summed E-state index contributed by atoms with van der Waals surface area (Å²) in [4.78, 5) is 24.5. The number of unbranched alkanes of at least 4 members (excludes halogenated alkanes) is 47. The van der Waals surface area contributed by atoms with Crippen molar-refractivity contribution in [3.05, 3.63) is 12.2 Å². The van der Waals surface area contributed by atoms with Crippen molar-refractivity contribution < 1.29 is 24.5 Å². The van der Waals surface area contributed by atoms with E-state index in [1.807, 2.05) is 6.08 Å². The molecule has 0 aromatic heterocycles. The third kappa shape index (κ3) is 53.9. The van der Waals surface area contributed by atoms with Gasteiger partial charge in [0.1, 0.15) is 0 Å². The fourth-order valence-corrected chi connectivity index (χ4v) is 9.81. The molecule has 0 aliphatic carbocycles. The standard InChI is InChI=1S/C62H121NO5/c1-3-5-7-9-11-13-15-17-32-36-40-44-48-52-56-62(67)68-57-53-49-45-41-37-33-29-27-25-23-21-19-18-20-22-24-26-28-31-35-39-43-47-51-55-61(66)63-59(58-64)60(65)54-50-46-42-38-34-30-16-14-12-10-8-6-4-2/h50,54,59-60,64-65H,3-49,51-53,55-58H2,1-2H3,(H,63,66)/b54-50+. The van der Waals surface area contributed by atoms with Gasteiger partial charge in [0, 0.05) is 12.8 Å². The molecule has 0 bridgehead atoms. The van der Waals surface area contributed by atoms with Crippen LogP contribution in [0.2, 0.25) is 0 Å². The molecule has 0 saturated heterocycles. The van der Waals surface area contributed by atoms with Gasteiger partial charge >= 0.3 is 5.97 Å². The second kappa shape index (κ2) is 58.2. The lowest BCUT2D eigenvalue weighted by Gasteiger charge is -2.20. The van der Waals surface area contributed by atoms with Gasteiger partial charge in [-0.15, -0.1) is 0 Å². The molecule has 0 aromatic carbocycles. The van der Waals surface area contributed by atoms with Crippen LogP contribution in [-0.4, -0.2) is 47.4 Å². The number of esters is 1. The van der Waals surface area contributed by atoms with Gasteiger partial charge in [0.2, 0.25) is 5.91 Å². The number of rotatable bonds is 58. The highest BCUT2D eigenvalue weighted by Crippen LogP contribution is 2.18. The number of aliphatic hydroxyl groups excluding tert-OH is 2. The Morgan fingerprint density at radius 2 is 0.676 bits per heavy atom. The van der Waals surface area contributed by atoms with Crippen molar-refractivity contribution in [2.24, 2.45) is 0 Å². The maximum Gasteiger partial charge on any atom is 0.305 e. The number of nitrogens with one attached hydrogen (secondary N) is 1. The monoisotopic (exact) mass is 960 g/mol. The predicted octanol–water partition coefficient (Wildman–Crippen LogP) is 19.2. The molecule has 3 N–H and O–H groups in total. The first-order valence-electron chi connectivity index (χ1n) is 31.0. The summed E-state index contributed by atoms with van der Waals surface area (Å²) < 4.78 is 5.49. The molecule has 0 aliphatic rings. The van der Waals surface area contributed by atoms with Crippen LogP contribution >= 0.6 is 0 Å². The average molecular weight is 961 g/mol. The lowest BCUT2D eigenvalue weighted by molar-refractivity contribution is -0.143. The van der Waals surface area contributed by atoms with Crippen LogP contribution in [0.5, 0.6) is 0 Å². The lowest BCUT2D eigenvalue weighted by Crippen LogP contribution is -2.45. The Kier molecular flexibility index (Phi) is 57.0. The highest BCUT2D eigenvalue weighted by Gasteiger charge is 2.18. The molecule has 0 aromatic rings. The summed E-state index contributed by atoms with van der Waals surface area (Å²) in [5, 5.41) is 23.1. The van der Waals surface area contributed by atoms with Crippen molar-refractivity contribution >= 4 is 11.9 Å². The number of allylic oxidation sites excluding steroid dienone is 1. The van der Waals surface area contributed by atoms with Crippen LogP contribution in [0.4, 0.5) is 0 Å². The van der Waals surface area contributed by atoms with E-state index < -0.39 is 12.1 Å². The molecule has 0 radical (unpaired) electrons. The largest absolute Gasteiger partial charge is 0.466 e. The van der Waals surface area contributed by atoms with Crippen LogP contribution in [0.25, 0.3) is 0 Å². The zero-order chi connectivity index (χ0) is 49.3. The van der Waals surface area contributed by atoms with Crippen LogP contribution in [0, 0.1) is 0 Å². The first kappa shape index (κ1) is 66.6. The highest BCUT2D eigenvalue weighted by molar-refractivity contribution is 5.76. The van der Waals surface area contributed by atoms with Gasteiger partial charge in [-0.3, -0.25) is 9.59 Å². The van der Waals surface area contributed by atoms with Crippen LogP contribution in [0.3, 0.4) is 0 Å². The molecule has 0 aliphatic heterocycles. The summed E-state index contributed by atoms with van der Waals surface area (Å²) in [6, 6.07) is -0.625. The van der Waals surface area contributed by atoms with E-state index in [9.17, 15) is 19.8 Å². The van der Waals surface area contributed by atoms with Gasteiger partial charge in [-0.2, -0.15) is 0 Å². The Labute approximate surface area is 425 Å². The third-order valence-corrected chi connectivity index (χ3v) is 14.6. The van der Waals surface area contributed by atoms with E-state index in [1.165, 1.54) is 283 Å². The molecule has 0 heterocycles. The van der Waals surface area contributed by atoms with Crippen molar-refractivity contribution in [3.8, 4) is 0 Å². The first-order chi connectivity index (χ1) is 33.5. The van der Waals surface area contributed by atoms with Crippen molar-refractivity contribution in [3.63, 3.8) is 0 Å². The zero-order valence-corrected chi connectivity index (χ0v) is 46.1. The van der Waals surface area contributed by atoms with Gasteiger partial charge in [0.25, 0.3) is 0 Å². The Morgan fingerprint density at radius 3 is 1.00 bits per heavy atom. The summed E-state index contributed by atoms with van der Waals surface area (Å²) in [6.45, 7) is 4.92. The quantitative estimate of drug-likeness (QED) is 0.0321. The Morgan fingerprint density at radius 1 is 0.397 bits per heavy atom. The van der Waals surface area contributed by atoms with E-state index in [1.54, 1.807) is 6.08 Å². The number of amides is 1. The molecule has 6 heteroatoms. The molecule has 0 fully saturated rings. The van der Waals surface area contributed by atoms with E-state index in [0.29, 0.717) is 19.4 Å². The Hall–Kier alpha value is -1.40. The fourth-order valence-electron chi connectivity index (χ4n) is 9.81. The summed E-state index contributed by atoms with van der Waals surface area (Å²) in [5.41, 5.74) is 0. The van der Waals surface area contributed by atoms with Crippen LogP contribution in [0.1, 0.15) is 348 Å². The second-order valence-corrected chi connectivity index (χ2v) is 21.4. The number of aliphatic hydroxyl groups is 2. The minimum atomic E-state index is -0.842. The molecule has 0 rings (SSSR count).